The van der Waals surface area contributed by atoms with Crippen molar-refractivity contribution in [2.75, 3.05) is 13.2 Å². The molecule has 0 aromatic heterocycles. The SMILES string of the molecule is CCCCCCCCCCCCC/C=C/C(O)C(CO)NC(=O)CCCCCCCCC/C=C\CCCCCCCCCCOC(=O)CCCCCCCCCCCCCCCC. The number of allylic oxidation sites excluding steroid dienone is 3. The van der Waals surface area contributed by atoms with Crippen molar-refractivity contribution in [2.24, 2.45) is 0 Å². The first-order valence-corrected chi connectivity index (χ1v) is 28.1. The van der Waals surface area contributed by atoms with Gasteiger partial charge in [0.25, 0.3) is 0 Å². The van der Waals surface area contributed by atoms with Crippen molar-refractivity contribution in [3.8, 4) is 0 Å². The predicted octanol–water partition coefficient (Wildman–Crippen LogP) is 17.1. The molecule has 372 valence electrons. The molecule has 1 amide bonds. The van der Waals surface area contributed by atoms with E-state index >= 15 is 0 Å². The molecule has 0 aromatic rings. The van der Waals surface area contributed by atoms with Crippen molar-refractivity contribution < 1.29 is 24.5 Å². The number of hydrogen-bond acceptors (Lipinski definition) is 5. The van der Waals surface area contributed by atoms with Gasteiger partial charge in [0.2, 0.25) is 5.91 Å². The summed E-state index contributed by atoms with van der Waals surface area (Å²) in [6, 6.07) is -0.633. The van der Waals surface area contributed by atoms with Gasteiger partial charge in [-0.05, 0) is 57.8 Å². The Bertz CT molecular complexity index is 982. The maximum Gasteiger partial charge on any atom is 0.305 e. The van der Waals surface area contributed by atoms with E-state index in [0.29, 0.717) is 19.4 Å². The largest absolute Gasteiger partial charge is 0.466 e. The number of esters is 1. The van der Waals surface area contributed by atoms with Gasteiger partial charge in [0.1, 0.15) is 0 Å². The minimum atomic E-state index is -0.849. The Labute approximate surface area is 392 Å². The quantitative estimate of drug-likeness (QED) is 0.0321. The van der Waals surface area contributed by atoms with Crippen molar-refractivity contribution in [1.29, 1.82) is 0 Å². The Kier molecular flexibility index (Phi) is 51.6. The number of hydrogen-bond donors (Lipinski definition) is 3. The molecule has 0 saturated carbocycles. The molecular weight excluding hydrogens is 779 g/mol. The zero-order valence-corrected chi connectivity index (χ0v) is 42.3. The highest BCUT2D eigenvalue weighted by molar-refractivity contribution is 5.76. The Hall–Kier alpha value is -1.66. The minimum Gasteiger partial charge on any atom is -0.466 e. The molecule has 63 heavy (non-hydrogen) atoms. The van der Waals surface area contributed by atoms with E-state index in [-0.39, 0.29) is 18.5 Å². The predicted molar refractivity (Wildman–Crippen MR) is 273 cm³/mol. The molecule has 0 aromatic carbocycles. The number of carbonyl (C=O) groups excluding carboxylic acids is 2. The van der Waals surface area contributed by atoms with E-state index < -0.39 is 12.1 Å². The van der Waals surface area contributed by atoms with Crippen molar-refractivity contribution in [1.82, 2.24) is 5.32 Å². The fraction of sp³-hybridized carbons (Fsp3) is 0.895. The average molecular weight is 889 g/mol. The molecule has 2 atom stereocenters. The van der Waals surface area contributed by atoms with Gasteiger partial charge in [-0.1, -0.05) is 256 Å². The lowest BCUT2D eigenvalue weighted by atomic mass is 10.0. The molecule has 2 unspecified atom stereocenters. The van der Waals surface area contributed by atoms with E-state index in [1.165, 1.54) is 225 Å². The summed E-state index contributed by atoms with van der Waals surface area (Å²) in [5, 5.41) is 23.0. The first-order valence-electron chi connectivity index (χ1n) is 28.1. The molecule has 0 saturated heterocycles. The van der Waals surface area contributed by atoms with Gasteiger partial charge in [-0.15, -0.1) is 0 Å². The monoisotopic (exact) mass is 888 g/mol. The molecule has 0 aliphatic rings. The van der Waals surface area contributed by atoms with E-state index in [2.05, 4.69) is 31.3 Å². The van der Waals surface area contributed by atoms with Crippen molar-refractivity contribution in [3.63, 3.8) is 0 Å². The molecule has 0 fully saturated rings. The Balaban J connectivity index is 3.45. The second-order valence-corrected chi connectivity index (χ2v) is 19.3. The van der Waals surface area contributed by atoms with Gasteiger partial charge in [0.15, 0.2) is 0 Å². The highest BCUT2D eigenvalue weighted by Crippen LogP contribution is 2.16. The van der Waals surface area contributed by atoms with Crippen LogP contribution in [0.2, 0.25) is 0 Å². The number of rotatable bonds is 52. The van der Waals surface area contributed by atoms with Gasteiger partial charge in [-0.2, -0.15) is 0 Å². The smallest absolute Gasteiger partial charge is 0.305 e. The summed E-state index contributed by atoms with van der Waals surface area (Å²) in [4.78, 5) is 24.5. The Morgan fingerprint density at radius 2 is 0.746 bits per heavy atom. The number of nitrogens with one attached hydrogen (secondary N) is 1. The molecule has 0 radical (unpaired) electrons. The van der Waals surface area contributed by atoms with Crippen LogP contribution < -0.4 is 5.32 Å². The van der Waals surface area contributed by atoms with Gasteiger partial charge in [0, 0.05) is 12.8 Å². The molecule has 6 heteroatoms. The maximum atomic E-state index is 12.4. The number of ether oxygens (including phenoxy) is 1. The normalized spacial score (nSPS) is 12.8. The molecular formula is C57H109NO5. The van der Waals surface area contributed by atoms with Crippen LogP contribution in [-0.4, -0.2) is 47.4 Å². The highest BCUT2D eigenvalue weighted by atomic mass is 16.5. The standard InChI is InChI=1S/C57H109NO5/c1-3-5-7-9-11-13-15-17-27-31-35-39-43-47-51-57(62)63-52-48-44-40-36-32-28-24-22-20-18-19-21-23-26-30-34-38-42-46-50-56(61)58-54(53-59)55(60)49-45-41-37-33-29-25-16-14-12-10-8-6-4-2/h18-19,45,49,54-55,59-60H,3-17,20-44,46-48,50-53H2,1-2H3,(H,58,61)/b19-18-,49-45+. The lowest BCUT2D eigenvalue weighted by molar-refractivity contribution is -0.143. The zero-order valence-electron chi connectivity index (χ0n) is 42.3. The van der Waals surface area contributed by atoms with Gasteiger partial charge in [-0.3, -0.25) is 9.59 Å². The summed E-state index contributed by atoms with van der Waals surface area (Å²) in [7, 11) is 0. The Morgan fingerprint density at radius 1 is 0.429 bits per heavy atom. The highest BCUT2D eigenvalue weighted by Gasteiger charge is 2.18. The van der Waals surface area contributed by atoms with Gasteiger partial charge >= 0.3 is 5.97 Å². The van der Waals surface area contributed by atoms with Crippen molar-refractivity contribution >= 4 is 11.9 Å². The van der Waals surface area contributed by atoms with E-state index in [9.17, 15) is 19.8 Å². The van der Waals surface area contributed by atoms with E-state index in [1.807, 2.05) is 6.08 Å². The number of carbonyl (C=O) groups is 2. The van der Waals surface area contributed by atoms with Gasteiger partial charge in [0.05, 0.1) is 25.4 Å². The van der Waals surface area contributed by atoms with E-state index in [1.54, 1.807) is 6.08 Å². The molecule has 6 nitrogen and oxygen atoms in total. The summed E-state index contributed by atoms with van der Waals surface area (Å²) in [5.41, 5.74) is 0. The first kappa shape index (κ1) is 61.3. The lowest BCUT2D eigenvalue weighted by Crippen LogP contribution is -2.45. The lowest BCUT2D eigenvalue weighted by Gasteiger charge is -2.20. The van der Waals surface area contributed by atoms with Crippen molar-refractivity contribution in [3.05, 3.63) is 24.3 Å². The summed E-state index contributed by atoms with van der Waals surface area (Å²) < 4.78 is 5.47. The summed E-state index contributed by atoms with van der Waals surface area (Å²) in [6.07, 6.45) is 63.3. The topological polar surface area (TPSA) is 95.9 Å². The second-order valence-electron chi connectivity index (χ2n) is 19.3. The number of aliphatic hydroxyl groups is 2. The molecule has 3 N–H and O–H groups in total. The van der Waals surface area contributed by atoms with Crippen LogP contribution in [0.4, 0.5) is 0 Å². The third-order valence-corrected chi connectivity index (χ3v) is 13.0. The molecule has 0 aliphatic heterocycles. The molecule has 0 aliphatic carbocycles. The number of unbranched alkanes of at least 4 members (excludes halogenated alkanes) is 39. The summed E-state index contributed by atoms with van der Waals surface area (Å²) in [6.45, 7) is 4.89. The average Bonchev–Trinajstić information content (AvgIpc) is 3.28. The van der Waals surface area contributed by atoms with E-state index in [4.69, 9.17) is 4.74 Å². The van der Waals surface area contributed by atoms with Crippen LogP contribution in [0, 0.1) is 0 Å². The molecule has 0 bridgehead atoms. The van der Waals surface area contributed by atoms with Crippen LogP contribution in [0.5, 0.6) is 0 Å². The second kappa shape index (κ2) is 53.0. The first-order chi connectivity index (χ1) is 31.0. The number of amides is 1. The Morgan fingerprint density at radius 3 is 1.13 bits per heavy atom. The fourth-order valence-corrected chi connectivity index (χ4v) is 8.63. The third kappa shape index (κ3) is 49.6. The van der Waals surface area contributed by atoms with Crippen LogP contribution in [0.1, 0.15) is 303 Å². The van der Waals surface area contributed by atoms with Crippen LogP contribution in [-0.2, 0) is 14.3 Å². The van der Waals surface area contributed by atoms with Crippen LogP contribution >= 0.6 is 0 Å². The molecule has 0 rings (SSSR count). The van der Waals surface area contributed by atoms with Crippen LogP contribution in [0.3, 0.4) is 0 Å². The number of aliphatic hydroxyl groups excluding tert-OH is 2. The fourth-order valence-electron chi connectivity index (χ4n) is 8.63. The van der Waals surface area contributed by atoms with Crippen LogP contribution in [0.15, 0.2) is 24.3 Å². The van der Waals surface area contributed by atoms with Crippen molar-refractivity contribution in [2.45, 2.75) is 315 Å². The summed E-state index contributed by atoms with van der Waals surface area (Å²) >= 11 is 0. The van der Waals surface area contributed by atoms with Gasteiger partial charge in [-0.25, -0.2) is 0 Å². The third-order valence-electron chi connectivity index (χ3n) is 13.0. The van der Waals surface area contributed by atoms with E-state index in [0.717, 1.165) is 51.4 Å². The summed E-state index contributed by atoms with van der Waals surface area (Å²) in [5.74, 6) is -0.0721. The van der Waals surface area contributed by atoms with Gasteiger partial charge < -0.3 is 20.3 Å². The zero-order chi connectivity index (χ0) is 45.8. The molecule has 0 heterocycles. The van der Waals surface area contributed by atoms with Crippen LogP contribution in [0.25, 0.3) is 0 Å². The molecule has 0 spiro atoms. The minimum absolute atomic E-state index is 0.00534. The maximum absolute atomic E-state index is 12.4.